The maximum absolute atomic E-state index is 13.0. The molecule has 1 fully saturated rings. The fourth-order valence-electron chi connectivity index (χ4n) is 4.10. The predicted molar refractivity (Wildman–Crippen MR) is 84.2 cm³/mol. The number of ketones is 1. The number of hydrogen-bond acceptors (Lipinski definition) is 1. The van der Waals surface area contributed by atoms with Crippen LogP contribution in [0.15, 0.2) is 72.8 Å². The lowest BCUT2D eigenvalue weighted by Gasteiger charge is -2.27. The first kappa shape index (κ1) is 12.6. The third-order valence-electron chi connectivity index (χ3n) is 5.00. The zero-order valence-electron chi connectivity index (χ0n) is 11.9. The topological polar surface area (TPSA) is 17.1 Å². The van der Waals surface area contributed by atoms with Crippen molar-refractivity contribution in [1.29, 1.82) is 0 Å². The average Bonchev–Trinajstić information content (AvgIpc) is 3.17. The monoisotopic (exact) mass is 274 g/mol. The molecule has 0 spiro atoms. The van der Waals surface area contributed by atoms with E-state index in [9.17, 15) is 4.79 Å². The molecule has 0 aliphatic heterocycles. The summed E-state index contributed by atoms with van der Waals surface area (Å²) in [5.41, 5.74) is 2.16. The first-order valence-corrected chi connectivity index (χ1v) is 7.67. The molecule has 2 aliphatic carbocycles. The summed E-state index contributed by atoms with van der Waals surface area (Å²) in [6, 6.07) is 20.3. The van der Waals surface area contributed by atoms with Crippen LogP contribution in [0, 0.1) is 17.8 Å². The van der Waals surface area contributed by atoms with E-state index in [0.29, 0.717) is 23.5 Å². The Hall–Kier alpha value is -2.15. The number of rotatable bonds is 3. The Kier molecular flexibility index (Phi) is 2.99. The van der Waals surface area contributed by atoms with Gasteiger partial charge in [-0.1, -0.05) is 72.8 Å². The third kappa shape index (κ3) is 2.04. The highest BCUT2D eigenvalue weighted by atomic mass is 16.1. The number of fused-ring (bicyclic) bond motifs is 2. The summed E-state index contributed by atoms with van der Waals surface area (Å²) in [6.45, 7) is 0. The molecule has 21 heavy (non-hydrogen) atoms. The molecule has 4 rings (SSSR count). The van der Waals surface area contributed by atoms with Crippen LogP contribution in [0.3, 0.4) is 0 Å². The van der Waals surface area contributed by atoms with Crippen molar-refractivity contribution in [2.45, 2.75) is 12.3 Å². The van der Waals surface area contributed by atoms with E-state index in [4.69, 9.17) is 0 Å². The largest absolute Gasteiger partial charge is 0.294 e. The van der Waals surface area contributed by atoms with Gasteiger partial charge in [0.05, 0.1) is 0 Å². The number of allylic oxidation sites excluding steroid dienone is 2. The minimum absolute atomic E-state index is 0.102. The molecule has 0 radical (unpaired) electrons. The van der Waals surface area contributed by atoms with Gasteiger partial charge in [-0.05, 0) is 23.8 Å². The zero-order chi connectivity index (χ0) is 14.2. The van der Waals surface area contributed by atoms with Crippen molar-refractivity contribution in [3.05, 3.63) is 83.9 Å². The van der Waals surface area contributed by atoms with E-state index in [1.807, 2.05) is 36.4 Å². The molecule has 2 aromatic rings. The van der Waals surface area contributed by atoms with Crippen molar-refractivity contribution in [2.75, 3.05) is 0 Å². The molecule has 1 saturated carbocycles. The van der Waals surface area contributed by atoms with Gasteiger partial charge in [-0.25, -0.2) is 0 Å². The fraction of sp³-hybridized carbons (Fsp3) is 0.250. The molecule has 0 amide bonds. The second-order valence-corrected chi connectivity index (χ2v) is 6.14. The first-order chi connectivity index (χ1) is 10.3. The van der Waals surface area contributed by atoms with Crippen molar-refractivity contribution in [1.82, 2.24) is 0 Å². The van der Waals surface area contributed by atoms with E-state index < -0.39 is 0 Å². The minimum Gasteiger partial charge on any atom is -0.294 e. The highest BCUT2D eigenvalue weighted by Crippen LogP contribution is 2.53. The second-order valence-electron chi connectivity index (χ2n) is 6.14. The van der Waals surface area contributed by atoms with E-state index in [-0.39, 0.29) is 5.92 Å². The quantitative estimate of drug-likeness (QED) is 0.596. The van der Waals surface area contributed by atoms with Gasteiger partial charge in [0.25, 0.3) is 0 Å². The fourth-order valence-corrected chi connectivity index (χ4v) is 4.10. The normalized spacial score (nSPS) is 29.7. The lowest BCUT2D eigenvalue weighted by molar-refractivity contribution is 0.0887. The smallest absolute Gasteiger partial charge is 0.167 e. The molecular weight excluding hydrogens is 256 g/mol. The van der Waals surface area contributed by atoms with Crippen LogP contribution in [0.4, 0.5) is 0 Å². The summed E-state index contributed by atoms with van der Waals surface area (Å²) in [5, 5.41) is 0. The Bertz CT molecular complexity index is 671. The Labute approximate surface area is 125 Å². The standard InChI is InChI=1S/C20H18O/c21-20(15-9-5-2-6-10-15)19-17-12-11-16(13-17)18(19)14-7-3-1-4-8-14/h1-12,16-19H,13H2/t16-,17+,18-,19+/m1/s1. The van der Waals surface area contributed by atoms with Gasteiger partial charge in [0.2, 0.25) is 0 Å². The molecule has 4 atom stereocenters. The van der Waals surface area contributed by atoms with Crippen LogP contribution in [0.1, 0.15) is 28.3 Å². The van der Waals surface area contributed by atoms with Crippen molar-refractivity contribution in [3.63, 3.8) is 0 Å². The number of hydrogen-bond donors (Lipinski definition) is 0. The van der Waals surface area contributed by atoms with Crippen LogP contribution >= 0.6 is 0 Å². The summed E-state index contributed by atoms with van der Waals surface area (Å²) in [6.07, 6.45) is 5.70. The molecule has 0 saturated heterocycles. The summed E-state index contributed by atoms with van der Waals surface area (Å²) >= 11 is 0. The Morgan fingerprint density at radius 2 is 1.43 bits per heavy atom. The van der Waals surface area contributed by atoms with E-state index in [0.717, 1.165) is 12.0 Å². The van der Waals surface area contributed by atoms with Crippen molar-refractivity contribution in [2.24, 2.45) is 17.8 Å². The van der Waals surface area contributed by atoms with E-state index >= 15 is 0 Å². The van der Waals surface area contributed by atoms with Gasteiger partial charge in [-0.2, -0.15) is 0 Å². The van der Waals surface area contributed by atoms with Gasteiger partial charge in [0, 0.05) is 17.4 Å². The Balaban J connectivity index is 1.73. The van der Waals surface area contributed by atoms with E-state index in [1.54, 1.807) is 0 Å². The lowest BCUT2D eigenvalue weighted by Crippen LogP contribution is -2.26. The molecule has 2 bridgehead atoms. The molecule has 0 heterocycles. The van der Waals surface area contributed by atoms with Crippen molar-refractivity contribution < 1.29 is 4.79 Å². The Morgan fingerprint density at radius 3 is 2.14 bits per heavy atom. The lowest BCUT2D eigenvalue weighted by atomic mass is 9.75. The van der Waals surface area contributed by atoms with Gasteiger partial charge in [-0.15, -0.1) is 0 Å². The van der Waals surface area contributed by atoms with Gasteiger partial charge in [0.1, 0.15) is 0 Å². The minimum atomic E-state index is 0.102. The summed E-state index contributed by atoms with van der Waals surface area (Å²) < 4.78 is 0. The van der Waals surface area contributed by atoms with Crippen LogP contribution in [-0.4, -0.2) is 5.78 Å². The highest BCUT2D eigenvalue weighted by molar-refractivity contribution is 5.99. The van der Waals surface area contributed by atoms with Gasteiger partial charge < -0.3 is 0 Å². The summed E-state index contributed by atoms with van der Waals surface area (Å²) in [7, 11) is 0. The third-order valence-corrected chi connectivity index (χ3v) is 5.00. The van der Waals surface area contributed by atoms with Crippen molar-refractivity contribution in [3.8, 4) is 0 Å². The van der Waals surface area contributed by atoms with Crippen LogP contribution < -0.4 is 0 Å². The molecule has 1 nitrogen and oxygen atoms in total. The molecule has 2 aliphatic rings. The van der Waals surface area contributed by atoms with E-state index in [2.05, 4.69) is 36.4 Å². The van der Waals surface area contributed by atoms with Crippen LogP contribution in [0.5, 0.6) is 0 Å². The van der Waals surface area contributed by atoms with E-state index in [1.165, 1.54) is 5.56 Å². The molecule has 0 aromatic heterocycles. The molecule has 0 unspecified atom stereocenters. The summed E-state index contributed by atoms with van der Waals surface area (Å²) in [5.74, 6) is 1.68. The molecular formula is C20H18O. The highest BCUT2D eigenvalue weighted by Gasteiger charge is 2.48. The number of carbonyl (C=O) groups excluding carboxylic acids is 1. The Morgan fingerprint density at radius 1 is 0.810 bits per heavy atom. The van der Waals surface area contributed by atoms with Gasteiger partial charge >= 0.3 is 0 Å². The number of benzene rings is 2. The van der Waals surface area contributed by atoms with Crippen LogP contribution in [0.2, 0.25) is 0 Å². The molecule has 1 heteroatoms. The van der Waals surface area contributed by atoms with Gasteiger partial charge in [0.15, 0.2) is 5.78 Å². The van der Waals surface area contributed by atoms with Crippen LogP contribution in [0.25, 0.3) is 0 Å². The number of Topliss-reactive ketones (excluding diaryl/α,β-unsaturated/α-hetero) is 1. The molecule has 104 valence electrons. The summed E-state index contributed by atoms with van der Waals surface area (Å²) in [4.78, 5) is 13.0. The second kappa shape index (κ2) is 5.00. The maximum atomic E-state index is 13.0. The average molecular weight is 274 g/mol. The van der Waals surface area contributed by atoms with Crippen molar-refractivity contribution >= 4 is 5.78 Å². The SMILES string of the molecule is O=C(c1ccccc1)[C@@H]1[C@H](c2ccccc2)[C@@H]2C=C[C@H]1C2. The zero-order valence-corrected chi connectivity index (χ0v) is 11.9. The number of carbonyl (C=O) groups is 1. The maximum Gasteiger partial charge on any atom is 0.167 e. The molecule has 0 N–H and O–H groups in total. The van der Waals surface area contributed by atoms with Crippen LogP contribution in [-0.2, 0) is 0 Å². The predicted octanol–water partition coefficient (Wildman–Crippen LogP) is 4.48. The van der Waals surface area contributed by atoms with Gasteiger partial charge in [-0.3, -0.25) is 4.79 Å². The first-order valence-electron chi connectivity index (χ1n) is 7.67. The molecule has 2 aromatic carbocycles.